The highest BCUT2D eigenvalue weighted by molar-refractivity contribution is 5.94. The number of carbonyl (C=O) groups is 1. The number of aliphatic hydroxyl groups is 1. The van der Waals surface area contributed by atoms with Crippen molar-refractivity contribution in [3.8, 4) is 11.8 Å². The van der Waals surface area contributed by atoms with Crippen LogP contribution in [0.15, 0.2) is 30.3 Å². The van der Waals surface area contributed by atoms with Gasteiger partial charge < -0.3 is 10.4 Å². The molecule has 3 heteroatoms. The SMILES string of the molecule is CC(C)(C)C(CCO)NC(=O)C#Cc1ccccc1. The van der Waals surface area contributed by atoms with Gasteiger partial charge >= 0.3 is 0 Å². The maximum Gasteiger partial charge on any atom is 0.296 e. The maximum atomic E-state index is 11.8. The molecule has 1 amide bonds. The third-order valence-corrected chi connectivity index (χ3v) is 2.86. The van der Waals surface area contributed by atoms with Crippen LogP contribution in [0.1, 0.15) is 32.8 Å². The Hall–Kier alpha value is -1.79. The van der Waals surface area contributed by atoms with Crippen molar-refractivity contribution in [2.45, 2.75) is 33.2 Å². The summed E-state index contributed by atoms with van der Waals surface area (Å²) >= 11 is 0. The summed E-state index contributed by atoms with van der Waals surface area (Å²) in [5, 5.41) is 11.9. The molecule has 0 aliphatic rings. The van der Waals surface area contributed by atoms with Crippen molar-refractivity contribution < 1.29 is 9.90 Å². The van der Waals surface area contributed by atoms with Gasteiger partial charge in [-0.05, 0) is 24.0 Å². The Bertz CT molecular complexity index is 463. The Kier molecular flexibility index (Phi) is 5.59. The van der Waals surface area contributed by atoms with Crippen LogP contribution in [-0.2, 0) is 4.79 Å². The number of rotatable bonds is 3. The van der Waals surface area contributed by atoms with Crippen LogP contribution in [0.25, 0.3) is 0 Å². The second-order valence-corrected chi connectivity index (χ2v) is 5.52. The van der Waals surface area contributed by atoms with Crippen LogP contribution < -0.4 is 5.32 Å². The Morgan fingerprint density at radius 1 is 1.32 bits per heavy atom. The van der Waals surface area contributed by atoms with Crippen LogP contribution in [0.2, 0.25) is 0 Å². The Morgan fingerprint density at radius 2 is 1.95 bits per heavy atom. The molecule has 0 spiro atoms. The molecule has 1 aromatic rings. The summed E-state index contributed by atoms with van der Waals surface area (Å²) in [4.78, 5) is 11.8. The van der Waals surface area contributed by atoms with E-state index in [1.165, 1.54) is 0 Å². The maximum absolute atomic E-state index is 11.8. The van der Waals surface area contributed by atoms with Gasteiger partial charge in [0.25, 0.3) is 5.91 Å². The van der Waals surface area contributed by atoms with Crippen molar-refractivity contribution >= 4 is 5.91 Å². The number of nitrogens with one attached hydrogen (secondary N) is 1. The summed E-state index contributed by atoms with van der Waals surface area (Å²) in [5.41, 5.74) is 0.708. The lowest BCUT2D eigenvalue weighted by Crippen LogP contribution is -2.43. The predicted molar refractivity (Wildman–Crippen MR) is 76.4 cm³/mol. The monoisotopic (exact) mass is 259 g/mol. The number of hydrogen-bond acceptors (Lipinski definition) is 2. The first-order valence-corrected chi connectivity index (χ1v) is 6.42. The van der Waals surface area contributed by atoms with Crippen LogP contribution in [0.4, 0.5) is 0 Å². The van der Waals surface area contributed by atoms with Crippen LogP contribution >= 0.6 is 0 Å². The lowest BCUT2D eigenvalue weighted by Gasteiger charge is -2.30. The Balaban J connectivity index is 2.66. The highest BCUT2D eigenvalue weighted by Gasteiger charge is 2.25. The minimum Gasteiger partial charge on any atom is -0.396 e. The summed E-state index contributed by atoms with van der Waals surface area (Å²) in [5.74, 6) is 5.09. The van der Waals surface area contributed by atoms with Crippen LogP contribution in [-0.4, -0.2) is 23.7 Å². The number of aliphatic hydroxyl groups excluding tert-OH is 1. The van der Waals surface area contributed by atoms with E-state index in [0.29, 0.717) is 6.42 Å². The van der Waals surface area contributed by atoms with E-state index in [4.69, 9.17) is 5.11 Å². The fourth-order valence-corrected chi connectivity index (χ4v) is 1.70. The minimum atomic E-state index is -0.308. The van der Waals surface area contributed by atoms with Crippen molar-refractivity contribution in [1.29, 1.82) is 0 Å². The minimum absolute atomic E-state index is 0.0499. The standard InChI is InChI=1S/C16H21NO2/c1-16(2,3)14(11-12-18)17-15(19)10-9-13-7-5-4-6-8-13/h4-8,14,18H,11-12H2,1-3H3,(H,17,19). The largest absolute Gasteiger partial charge is 0.396 e. The van der Waals surface area contributed by atoms with Crippen LogP contribution in [0.5, 0.6) is 0 Å². The van der Waals surface area contributed by atoms with E-state index in [9.17, 15) is 4.79 Å². The second-order valence-electron chi connectivity index (χ2n) is 5.52. The molecule has 0 aromatic heterocycles. The molecule has 19 heavy (non-hydrogen) atoms. The molecule has 0 aliphatic carbocycles. The second kappa shape index (κ2) is 6.96. The lowest BCUT2D eigenvalue weighted by atomic mass is 9.85. The summed E-state index contributed by atoms with van der Waals surface area (Å²) in [7, 11) is 0. The topological polar surface area (TPSA) is 49.3 Å². The molecule has 1 atom stereocenters. The van der Waals surface area contributed by atoms with Crippen molar-refractivity contribution in [2.75, 3.05) is 6.61 Å². The molecular formula is C16H21NO2. The van der Waals surface area contributed by atoms with Crippen LogP contribution in [0, 0.1) is 17.3 Å². The van der Waals surface area contributed by atoms with Gasteiger partial charge in [-0.25, -0.2) is 0 Å². The molecular weight excluding hydrogens is 238 g/mol. The molecule has 1 unspecified atom stereocenters. The van der Waals surface area contributed by atoms with Crippen molar-refractivity contribution in [1.82, 2.24) is 5.32 Å². The highest BCUT2D eigenvalue weighted by Crippen LogP contribution is 2.21. The number of carbonyl (C=O) groups excluding carboxylic acids is 1. The van der Waals surface area contributed by atoms with Crippen molar-refractivity contribution in [3.05, 3.63) is 35.9 Å². The van der Waals surface area contributed by atoms with E-state index >= 15 is 0 Å². The Morgan fingerprint density at radius 3 is 2.47 bits per heavy atom. The summed E-state index contributed by atoms with van der Waals surface area (Å²) in [6.45, 7) is 6.13. The molecule has 3 nitrogen and oxygen atoms in total. The highest BCUT2D eigenvalue weighted by atomic mass is 16.3. The van der Waals surface area contributed by atoms with Gasteiger partial charge in [0.1, 0.15) is 0 Å². The smallest absolute Gasteiger partial charge is 0.296 e. The van der Waals surface area contributed by atoms with E-state index in [0.717, 1.165) is 5.56 Å². The first kappa shape index (κ1) is 15.3. The summed E-state index contributed by atoms with van der Waals surface area (Å²) < 4.78 is 0. The Labute approximate surface area is 115 Å². The van der Waals surface area contributed by atoms with E-state index < -0.39 is 0 Å². The van der Waals surface area contributed by atoms with E-state index in [-0.39, 0.29) is 24.0 Å². The molecule has 102 valence electrons. The molecule has 0 saturated heterocycles. The van der Waals surface area contributed by atoms with Gasteiger partial charge in [-0.3, -0.25) is 4.79 Å². The predicted octanol–water partition coefficient (Wildman–Crippen LogP) is 1.95. The van der Waals surface area contributed by atoms with Crippen molar-refractivity contribution in [2.24, 2.45) is 5.41 Å². The van der Waals surface area contributed by atoms with Gasteiger partial charge in [0.05, 0.1) is 0 Å². The summed E-state index contributed by atoms with van der Waals surface area (Å²) in [6, 6.07) is 9.29. The molecule has 0 aliphatic heterocycles. The lowest BCUT2D eigenvalue weighted by molar-refractivity contribution is -0.117. The normalized spacial score (nSPS) is 12.2. The van der Waals surface area contributed by atoms with E-state index in [1.54, 1.807) is 0 Å². The van der Waals surface area contributed by atoms with E-state index in [1.807, 2.05) is 51.1 Å². The first-order chi connectivity index (χ1) is 8.93. The molecule has 0 radical (unpaired) electrons. The van der Waals surface area contributed by atoms with Crippen molar-refractivity contribution in [3.63, 3.8) is 0 Å². The number of amides is 1. The van der Waals surface area contributed by atoms with E-state index in [2.05, 4.69) is 17.2 Å². The van der Waals surface area contributed by atoms with Gasteiger partial charge in [0.2, 0.25) is 0 Å². The molecule has 0 bridgehead atoms. The van der Waals surface area contributed by atoms with Gasteiger partial charge in [0.15, 0.2) is 0 Å². The van der Waals surface area contributed by atoms with Gasteiger partial charge in [-0.1, -0.05) is 44.9 Å². The summed E-state index contributed by atoms with van der Waals surface area (Å²) in [6.07, 6.45) is 0.530. The average molecular weight is 259 g/mol. The molecule has 1 aromatic carbocycles. The number of hydrogen-bond donors (Lipinski definition) is 2. The zero-order valence-corrected chi connectivity index (χ0v) is 11.7. The van der Waals surface area contributed by atoms with Gasteiger partial charge in [-0.15, -0.1) is 0 Å². The zero-order chi connectivity index (χ0) is 14.3. The third kappa shape index (κ3) is 5.58. The fourth-order valence-electron chi connectivity index (χ4n) is 1.70. The number of benzene rings is 1. The quantitative estimate of drug-likeness (QED) is 0.815. The average Bonchev–Trinajstić information content (AvgIpc) is 2.36. The van der Waals surface area contributed by atoms with Gasteiger partial charge in [-0.2, -0.15) is 0 Å². The zero-order valence-electron chi connectivity index (χ0n) is 11.7. The molecule has 2 N–H and O–H groups in total. The van der Waals surface area contributed by atoms with Gasteiger partial charge in [0, 0.05) is 24.1 Å². The fraction of sp³-hybridized carbons (Fsp3) is 0.438. The molecule has 0 heterocycles. The first-order valence-electron chi connectivity index (χ1n) is 6.42. The molecule has 0 saturated carbocycles. The third-order valence-electron chi connectivity index (χ3n) is 2.86. The molecule has 0 fully saturated rings. The molecule has 1 rings (SSSR count). The van der Waals surface area contributed by atoms with Crippen LogP contribution in [0.3, 0.4) is 0 Å².